The fourth-order valence-electron chi connectivity index (χ4n) is 3.43. The monoisotopic (exact) mass is 224 g/mol. The van der Waals surface area contributed by atoms with Gasteiger partial charge in [0.15, 0.2) is 0 Å². The Morgan fingerprint density at radius 2 is 1.75 bits per heavy atom. The van der Waals surface area contributed by atoms with Crippen LogP contribution in [-0.4, -0.2) is 37.6 Å². The molecule has 0 amide bonds. The van der Waals surface area contributed by atoms with Gasteiger partial charge in [-0.3, -0.25) is 0 Å². The van der Waals surface area contributed by atoms with Gasteiger partial charge in [-0.25, -0.2) is 0 Å². The number of rotatable bonds is 4. The highest BCUT2D eigenvalue weighted by molar-refractivity contribution is 4.80. The Morgan fingerprint density at radius 1 is 1.12 bits per heavy atom. The number of hydrogen-bond acceptors (Lipinski definition) is 2. The number of nitrogens with zero attached hydrogens (tertiary/aromatic N) is 1. The highest BCUT2D eigenvalue weighted by Gasteiger charge is 2.25. The second-order valence-corrected chi connectivity index (χ2v) is 5.87. The minimum absolute atomic E-state index is 0.702. The molecule has 2 fully saturated rings. The van der Waals surface area contributed by atoms with Crippen LogP contribution in [0.1, 0.15) is 45.4 Å². The molecular formula is C14H28N2. The number of nitrogens with one attached hydrogen (secondary N) is 1. The average Bonchev–Trinajstić information content (AvgIpc) is 2.82. The van der Waals surface area contributed by atoms with E-state index in [1.54, 1.807) is 0 Å². The molecule has 0 aromatic heterocycles. The molecule has 1 unspecified atom stereocenters. The van der Waals surface area contributed by atoms with E-state index in [1.807, 2.05) is 0 Å². The summed E-state index contributed by atoms with van der Waals surface area (Å²) in [5.74, 6) is 1.93. The van der Waals surface area contributed by atoms with Crippen molar-refractivity contribution in [3.05, 3.63) is 0 Å². The molecule has 2 aliphatic rings. The molecule has 1 N–H and O–H groups in total. The molecule has 0 aromatic carbocycles. The molecule has 2 nitrogen and oxygen atoms in total. The molecule has 1 saturated heterocycles. The predicted octanol–water partition coefficient (Wildman–Crippen LogP) is 2.50. The van der Waals surface area contributed by atoms with Crippen LogP contribution in [0.3, 0.4) is 0 Å². The van der Waals surface area contributed by atoms with Gasteiger partial charge in [-0.15, -0.1) is 0 Å². The van der Waals surface area contributed by atoms with Gasteiger partial charge in [0.1, 0.15) is 0 Å². The minimum atomic E-state index is 0.702. The lowest BCUT2D eigenvalue weighted by molar-refractivity contribution is 0.146. The second kappa shape index (κ2) is 6.02. The van der Waals surface area contributed by atoms with Crippen LogP contribution in [0.2, 0.25) is 0 Å². The summed E-state index contributed by atoms with van der Waals surface area (Å²) in [6.45, 7) is 6.40. The fraction of sp³-hybridized carbons (Fsp3) is 1.00. The van der Waals surface area contributed by atoms with Crippen LogP contribution in [0.25, 0.3) is 0 Å². The first kappa shape index (κ1) is 12.4. The molecule has 0 radical (unpaired) electrons. The largest absolute Gasteiger partial charge is 0.317 e. The smallest absolute Gasteiger partial charge is 0.00649 e. The van der Waals surface area contributed by atoms with Crippen LogP contribution in [0.15, 0.2) is 0 Å². The molecule has 1 atom stereocenters. The van der Waals surface area contributed by atoms with Crippen LogP contribution in [-0.2, 0) is 0 Å². The molecule has 2 heteroatoms. The van der Waals surface area contributed by atoms with Crippen molar-refractivity contribution in [3.63, 3.8) is 0 Å². The lowest BCUT2D eigenvalue weighted by Crippen LogP contribution is -2.42. The first-order valence-corrected chi connectivity index (χ1v) is 7.19. The number of hydrogen-bond donors (Lipinski definition) is 1. The topological polar surface area (TPSA) is 15.3 Å². The lowest BCUT2D eigenvalue weighted by atomic mass is 9.90. The zero-order valence-electron chi connectivity index (χ0n) is 11.0. The van der Waals surface area contributed by atoms with Crippen molar-refractivity contribution in [2.45, 2.75) is 51.5 Å². The Kier molecular flexibility index (Phi) is 4.66. The Bertz CT molecular complexity index is 191. The van der Waals surface area contributed by atoms with E-state index in [1.165, 1.54) is 58.2 Å². The predicted molar refractivity (Wildman–Crippen MR) is 69.6 cm³/mol. The molecule has 1 saturated carbocycles. The van der Waals surface area contributed by atoms with Crippen LogP contribution in [0.5, 0.6) is 0 Å². The van der Waals surface area contributed by atoms with Gasteiger partial charge in [0.05, 0.1) is 0 Å². The van der Waals surface area contributed by atoms with Crippen LogP contribution >= 0.6 is 0 Å². The van der Waals surface area contributed by atoms with E-state index in [4.69, 9.17) is 0 Å². The van der Waals surface area contributed by atoms with E-state index >= 15 is 0 Å². The minimum Gasteiger partial charge on any atom is -0.317 e. The fourth-order valence-corrected chi connectivity index (χ4v) is 3.43. The normalized spacial score (nSPS) is 27.4. The summed E-state index contributed by atoms with van der Waals surface area (Å²) in [4.78, 5) is 2.72. The van der Waals surface area contributed by atoms with E-state index in [2.05, 4.69) is 24.2 Å². The van der Waals surface area contributed by atoms with Crippen LogP contribution in [0.4, 0.5) is 0 Å². The number of piperidine rings is 1. The van der Waals surface area contributed by atoms with Gasteiger partial charge in [0.25, 0.3) is 0 Å². The Labute approximate surface area is 101 Å². The van der Waals surface area contributed by atoms with Crippen molar-refractivity contribution >= 4 is 0 Å². The van der Waals surface area contributed by atoms with E-state index < -0.39 is 0 Å². The van der Waals surface area contributed by atoms with Gasteiger partial charge in [-0.2, -0.15) is 0 Å². The third-order valence-electron chi connectivity index (χ3n) is 4.79. The van der Waals surface area contributed by atoms with Crippen molar-refractivity contribution in [3.8, 4) is 0 Å². The second-order valence-electron chi connectivity index (χ2n) is 5.87. The standard InChI is InChI=1S/C14H28N2/c1-12(15-2)14-7-9-16(10-8-14)11-13-5-3-4-6-13/h12-15H,3-11H2,1-2H3. The maximum Gasteiger partial charge on any atom is 0.00649 e. The molecule has 0 spiro atoms. The molecule has 1 aliphatic heterocycles. The summed E-state index contributed by atoms with van der Waals surface area (Å²) < 4.78 is 0. The summed E-state index contributed by atoms with van der Waals surface area (Å²) in [6, 6.07) is 0.702. The van der Waals surface area contributed by atoms with Crippen LogP contribution in [0, 0.1) is 11.8 Å². The summed E-state index contributed by atoms with van der Waals surface area (Å²) in [5.41, 5.74) is 0. The van der Waals surface area contributed by atoms with Gasteiger partial charge in [0, 0.05) is 12.6 Å². The quantitative estimate of drug-likeness (QED) is 0.789. The van der Waals surface area contributed by atoms with E-state index in [-0.39, 0.29) is 0 Å². The maximum absolute atomic E-state index is 3.40. The lowest BCUT2D eigenvalue weighted by Gasteiger charge is -2.36. The summed E-state index contributed by atoms with van der Waals surface area (Å²) in [5, 5.41) is 3.40. The first-order chi connectivity index (χ1) is 7.79. The van der Waals surface area contributed by atoms with Gasteiger partial charge in [-0.1, -0.05) is 12.8 Å². The van der Waals surface area contributed by atoms with Gasteiger partial charge >= 0.3 is 0 Å². The zero-order chi connectivity index (χ0) is 11.4. The first-order valence-electron chi connectivity index (χ1n) is 7.19. The average molecular weight is 224 g/mol. The third kappa shape index (κ3) is 3.21. The van der Waals surface area contributed by atoms with Crippen molar-refractivity contribution < 1.29 is 0 Å². The van der Waals surface area contributed by atoms with E-state index in [0.29, 0.717) is 6.04 Å². The Hall–Kier alpha value is -0.0800. The third-order valence-corrected chi connectivity index (χ3v) is 4.79. The SMILES string of the molecule is CNC(C)C1CCN(CC2CCCC2)CC1. The molecular weight excluding hydrogens is 196 g/mol. The molecule has 2 rings (SSSR count). The van der Waals surface area contributed by atoms with E-state index in [0.717, 1.165) is 11.8 Å². The Balaban J connectivity index is 1.68. The molecule has 16 heavy (non-hydrogen) atoms. The number of likely N-dealkylation sites (tertiary alicyclic amines) is 1. The van der Waals surface area contributed by atoms with Crippen molar-refractivity contribution in [2.75, 3.05) is 26.7 Å². The Morgan fingerprint density at radius 3 is 2.31 bits per heavy atom. The summed E-state index contributed by atoms with van der Waals surface area (Å²) in [7, 11) is 2.09. The van der Waals surface area contributed by atoms with Gasteiger partial charge < -0.3 is 10.2 Å². The molecule has 0 bridgehead atoms. The van der Waals surface area contributed by atoms with Gasteiger partial charge in [-0.05, 0) is 64.6 Å². The molecule has 1 heterocycles. The van der Waals surface area contributed by atoms with Crippen LogP contribution < -0.4 is 5.32 Å². The molecule has 1 aliphatic carbocycles. The summed E-state index contributed by atoms with van der Waals surface area (Å²) >= 11 is 0. The van der Waals surface area contributed by atoms with Crippen molar-refractivity contribution in [1.82, 2.24) is 10.2 Å². The highest BCUT2D eigenvalue weighted by Crippen LogP contribution is 2.27. The summed E-state index contributed by atoms with van der Waals surface area (Å²) in [6.07, 6.45) is 8.75. The zero-order valence-corrected chi connectivity index (χ0v) is 11.0. The van der Waals surface area contributed by atoms with Crippen molar-refractivity contribution in [1.29, 1.82) is 0 Å². The van der Waals surface area contributed by atoms with E-state index in [9.17, 15) is 0 Å². The molecule has 0 aromatic rings. The van der Waals surface area contributed by atoms with Crippen molar-refractivity contribution in [2.24, 2.45) is 11.8 Å². The highest BCUT2D eigenvalue weighted by atomic mass is 15.1. The maximum atomic E-state index is 3.40. The van der Waals surface area contributed by atoms with Gasteiger partial charge in [0.2, 0.25) is 0 Å². The molecule has 94 valence electrons.